The van der Waals surface area contributed by atoms with Crippen LogP contribution in [-0.2, 0) is 11.2 Å². The molecule has 0 spiro atoms. The fourth-order valence-electron chi connectivity index (χ4n) is 1.03. The maximum atomic E-state index is 10.9. The van der Waals surface area contributed by atoms with Crippen molar-refractivity contribution in [2.24, 2.45) is 0 Å². The van der Waals surface area contributed by atoms with E-state index in [1.165, 1.54) is 0 Å². The number of ketones is 1. The van der Waals surface area contributed by atoms with Gasteiger partial charge in [0, 0.05) is 23.3 Å². The highest BCUT2D eigenvalue weighted by molar-refractivity contribution is 9.10. The number of Topliss-reactive ketones (excluding diaryl/α,β-unsaturated/α-hetero) is 1. The number of carbonyl (C=O) groups excluding carboxylic acids is 1. The van der Waals surface area contributed by atoms with Gasteiger partial charge in [-0.05, 0) is 40.9 Å². The molecule has 1 aromatic heterocycles. The summed E-state index contributed by atoms with van der Waals surface area (Å²) in [5.74, 6) is 0.171. The van der Waals surface area contributed by atoms with E-state index in [4.69, 9.17) is 0 Å². The smallest absolute Gasteiger partial charge is 0.134 e. The van der Waals surface area contributed by atoms with E-state index in [0.29, 0.717) is 6.42 Å². The first-order chi connectivity index (χ1) is 5.61. The molecule has 0 atom stereocenters. The molecule has 0 saturated heterocycles. The first kappa shape index (κ1) is 9.39. The molecule has 0 bridgehead atoms. The number of hydrogen-bond donors (Lipinski definition) is 0. The summed E-state index contributed by atoms with van der Waals surface area (Å²) in [6.07, 6.45) is 3.96. The Kier molecular flexibility index (Phi) is 2.98. The third-order valence-corrected chi connectivity index (χ3v) is 2.33. The zero-order valence-electron chi connectivity index (χ0n) is 7.10. The maximum Gasteiger partial charge on any atom is 0.134 e. The van der Waals surface area contributed by atoms with Gasteiger partial charge < -0.3 is 0 Å². The molecule has 0 aliphatic rings. The average molecular weight is 228 g/mol. The van der Waals surface area contributed by atoms with Crippen LogP contribution in [-0.4, -0.2) is 10.8 Å². The lowest BCUT2D eigenvalue weighted by atomic mass is 10.1. The lowest BCUT2D eigenvalue weighted by molar-refractivity contribution is -0.116. The van der Waals surface area contributed by atoms with Gasteiger partial charge in [0.1, 0.15) is 5.78 Å². The highest BCUT2D eigenvalue weighted by atomic mass is 79.9. The average Bonchev–Trinajstić information content (AvgIpc) is 1.97. The van der Waals surface area contributed by atoms with Crippen LogP contribution in [0.5, 0.6) is 0 Å². The number of rotatable bonds is 2. The van der Waals surface area contributed by atoms with Crippen molar-refractivity contribution in [2.75, 3.05) is 0 Å². The Morgan fingerprint density at radius 1 is 1.58 bits per heavy atom. The second kappa shape index (κ2) is 3.81. The van der Waals surface area contributed by atoms with Gasteiger partial charge in [0.05, 0.1) is 0 Å². The predicted molar refractivity (Wildman–Crippen MR) is 51.1 cm³/mol. The summed E-state index contributed by atoms with van der Waals surface area (Å²) in [6, 6.07) is 0. The van der Waals surface area contributed by atoms with Crippen molar-refractivity contribution in [1.82, 2.24) is 4.98 Å². The van der Waals surface area contributed by atoms with E-state index in [0.717, 1.165) is 15.6 Å². The van der Waals surface area contributed by atoms with E-state index in [9.17, 15) is 4.79 Å². The van der Waals surface area contributed by atoms with Gasteiger partial charge in [-0.2, -0.15) is 0 Å². The van der Waals surface area contributed by atoms with Gasteiger partial charge in [0.15, 0.2) is 0 Å². The molecule has 0 aromatic carbocycles. The highest BCUT2D eigenvalue weighted by Crippen LogP contribution is 2.19. The number of nitrogens with zero attached hydrogens (tertiary/aromatic N) is 1. The predicted octanol–water partition coefficient (Wildman–Crippen LogP) is 2.28. The summed E-state index contributed by atoms with van der Waals surface area (Å²) in [4.78, 5) is 14.9. The largest absolute Gasteiger partial charge is 0.300 e. The van der Waals surface area contributed by atoms with Crippen molar-refractivity contribution in [3.05, 3.63) is 28.0 Å². The van der Waals surface area contributed by atoms with E-state index in [1.807, 2.05) is 6.92 Å². The topological polar surface area (TPSA) is 30.0 Å². The molecular formula is C9H10BrNO. The van der Waals surface area contributed by atoms with Crippen LogP contribution in [0, 0.1) is 6.92 Å². The molecule has 0 unspecified atom stereocenters. The third-order valence-electron chi connectivity index (χ3n) is 1.65. The van der Waals surface area contributed by atoms with E-state index >= 15 is 0 Å². The lowest BCUT2D eigenvalue weighted by Crippen LogP contribution is -2.00. The quantitative estimate of drug-likeness (QED) is 0.777. The summed E-state index contributed by atoms with van der Waals surface area (Å²) in [7, 11) is 0. The minimum Gasteiger partial charge on any atom is -0.300 e. The van der Waals surface area contributed by atoms with Gasteiger partial charge in [-0.25, -0.2) is 0 Å². The number of aromatic nitrogens is 1. The second-order valence-corrected chi connectivity index (χ2v) is 3.65. The molecule has 0 aliphatic heterocycles. The minimum absolute atomic E-state index is 0.171. The van der Waals surface area contributed by atoms with Crippen molar-refractivity contribution in [3.63, 3.8) is 0 Å². The first-order valence-corrected chi connectivity index (χ1v) is 4.49. The van der Waals surface area contributed by atoms with Crippen molar-refractivity contribution in [1.29, 1.82) is 0 Å². The highest BCUT2D eigenvalue weighted by Gasteiger charge is 2.05. The van der Waals surface area contributed by atoms with E-state index in [-0.39, 0.29) is 5.78 Å². The van der Waals surface area contributed by atoms with Crippen molar-refractivity contribution in [3.8, 4) is 0 Å². The van der Waals surface area contributed by atoms with Gasteiger partial charge in [-0.3, -0.25) is 9.78 Å². The summed E-state index contributed by atoms with van der Waals surface area (Å²) in [5.41, 5.74) is 2.09. The van der Waals surface area contributed by atoms with Crippen LogP contribution in [0.2, 0.25) is 0 Å². The van der Waals surface area contributed by atoms with Crippen LogP contribution in [0.3, 0.4) is 0 Å². The number of carbonyl (C=O) groups is 1. The fourth-order valence-corrected chi connectivity index (χ4v) is 1.60. The standard InChI is InChI=1S/C9H10BrNO/c1-6-4-11-5-9(10)8(6)3-7(2)12/h4-5H,3H2,1-2H3. The third kappa shape index (κ3) is 2.14. The Balaban J connectivity index is 3.04. The van der Waals surface area contributed by atoms with Gasteiger partial charge >= 0.3 is 0 Å². The first-order valence-electron chi connectivity index (χ1n) is 3.69. The summed E-state index contributed by atoms with van der Waals surface area (Å²) in [5, 5.41) is 0. The monoisotopic (exact) mass is 227 g/mol. The zero-order valence-corrected chi connectivity index (χ0v) is 8.68. The Bertz CT molecular complexity index is 289. The SMILES string of the molecule is CC(=O)Cc1c(C)cncc1Br. The van der Waals surface area contributed by atoms with Crippen LogP contribution in [0.1, 0.15) is 18.1 Å². The Labute approximate surface area is 80.1 Å². The van der Waals surface area contributed by atoms with Gasteiger partial charge in [0.25, 0.3) is 0 Å². The minimum atomic E-state index is 0.171. The fraction of sp³-hybridized carbons (Fsp3) is 0.333. The molecular weight excluding hydrogens is 218 g/mol. The molecule has 0 fully saturated rings. The van der Waals surface area contributed by atoms with Crippen molar-refractivity contribution < 1.29 is 4.79 Å². The summed E-state index contributed by atoms with van der Waals surface area (Å²) in [6.45, 7) is 3.54. The molecule has 12 heavy (non-hydrogen) atoms. The van der Waals surface area contributed by atoms with Gasteiger partial charge in [-0.15, -0.1) is 0 Å². The summed E-state index contributed by atoms with van der Waals surface area (Å²) >= 11 is 3.36. The number of pyridine rings is 1. The van der Waals surface area contributed by atoms with Crippen molar-refractivity contribution in [2.45, 2.75) is 20.3 Å². The summed E-state index contributed by atoms with van der Waals surface area (Å²) < 4.78 is 0.915. The normalized spacial score (nSPS) is 9.92. The lowest BCUT2D eigenvalue weighted by Gasteiger charge is -2.04. The molecule has 1 rings (SSSR count). The van der Waals surface area contributed by atoms with Gasteiger partial charge in [0.2, 0.25) is 0 Å². The molecule has 0 N–H and O–H groups in total. The van der Waals surface area contributed by atoms with E-state index < -0.39 is 0 Å². The molecule has 0 amide bonds. The van der Waals surface area contributed by atoms with Crippen LogP contribution >= 0.6 is 15.9 Å². The Morgan fingerprint density at radius 3 is 2.75 bits per heavy atom. The van der Waals surface area contributed by atoms with Crippen LogP contribution in [0.4, 0.5) is 0 Å². The second-order valence-electron chi connectivity index (χ2n) is 2.80. The van der Waals surface area contributed by atoms with Crippen LogP contribution < -0.4 is 0 Å². The van der Waals surface area contributed by atoms with E-state index in [2.05, 4.69) is 20.9 Å². The molecule has 0 aliphatic carbocycles. The Morgan fingerprint density at radius 2 is 2.25 bits per heavy atom. The zero-order chi connectivity index (χ0) is 9.14. The number of halogens is 1. The molecule has 3 heteroatoms. The molecule has 64 valence electrons. The molecule has 1 aromatic rings. The van der Waals surface area contributed by atoms with Crippen LogP contribution in [0.25, 0.3) is 0 Å². The maximum absolute atomic E-state index is 10.9. The van der Waals surface area contributed by atoms with Gasteiger partial charge in [-0.1, -0.05) is 0 Å². The molecule has 2 nitrogen and oxygen atoms in total. The van der Waals surface area contributed by atoms with Crippen molar-refractivity contribution >= 4 is 21.7 Å². The van der Waals surface area contributed by atoms with E-state index in [1.54, 1.807) is 19.3 Å². The molecule has 0 radical (unpaired) electrons. The number of hydrogen-bond acceptors (Lipinski definition) is 2. The molecule has 1 heterocycles. The Hall–Kier alpha value is -0.700. The molecule has 0 saturated carbocycles. The van der Waals surface area contributed by atoms with Crippen LogP contribution in [0.15, 0.2) is 16.9 Å². The number of aryl methyl sites for hydroxylation is 1.